The van der Waals surface area contributed by atoms with Gasteiger partial charge in [0, 0.05) is 58.8 Å². The first-order valence-electron chi connectivity index (χ1n) is 10.8. The molecule has 0 bridgehead atoms. The molecule has 1 aromatic rings. The lowest BCUT2D eigenvalue weighted by molar-refractivity contribution is -0.121. The minimum absolute atomic E-state index is 0.0542. The van der Waals surface area contributed by atoms with Crippen molar-refractivity contribution in [2.75, 3.05) is 57.8 Å². The normalized spacial score (nSPS) is 22.0. The Morgan fingerprint density at radius 1 is 1.19 bits per heavy atom. The molecule has 9 heteroatoms. The molecule has 0 aliphatic carbocycles. The summed E-state index contributed by atoms with van der Waals surface area (Å²) in [6, 6.07) is 10.0. The summed E-state index contributed by atoms with van der Waals surface area (Å²) >= 11 is 0. The molecule has 1 unspecified atom stereocenters. The van der Waals surface area contributed by atoms with Gasteiger partial charge in [0.05, 0.1) is 11.5 Å². The van der Waals surface area contributed by atoms with Crippen LogP contribution in [-0.4, -0.2) is 93.9 Å². The summed E-state index contributed by atoms with van der Waals surface area (Å²) < 4.78 is 23.0. The lowest BCUT2D eigenvalue weighted by Crippen LogP contribution is -2.52. The molecule has 1 aromatic carbocycles. The van der Waals surface area contributed by atoms with Crippen LogP contribution >= 0.6 is 0 Å². The first kappa shape index (κ1) is 23.3. The summed E-state index contributed by atoms with van der Waals surface area (Å²) in [6.45, 7) is 5.06. The third-order valence-corrected chi connectivity index (χ3v) is 7.36. The Labute approximate surface area is 185 Å². The predicted octanol–water partition coefficient (Wildman–Crippen LogP) is 0.586. The van der Waals surface area contributed by atoms with Gasteiger partial charge in [-0.2, -0.15) is 0 Å². The van der Waals surface area contributed by atoms with E-state index in [9.17, 15) is 13.2 Å². The van der Waals surface area contributed by atoms with E-state index in [-0.39, 0.29) is 23.5 Å². The summed E-state index contributed by atoms with van der Waals surface area (Å²) in [4.78, 5) is 21.1. The maximum atomic E-state index is 12.1. The molecule has 1 atom stereocenters. The van der Waals surface area contributed by atoms with Crippen LogP contribution in [0.1, 0.15) is 18.4 Å². The number of guanidine groups is 1. The highest BCUT2D eigenvalue weighted by Crippen LogP contribution is 2.11. The van der Waals surface area contributed by atoms with Crippen molar-refractivity contribution < 1.29 is 13.2 Å². The van der Waals surface area contributed by atoms with Gasteiger partial charge in [0.2, 0.25) is 5.91 Å². The topological polar surface area (TPSA) is 94.1 Å². The Morgan fingerprint density at radius 2 is 1.94 bits per heavy atom. The molecule has 0 saturated carbocycles. The third-order valence-electron chi connectivity index (χ3n) is 5.59. The molecular weight excluding hydrogens is 414 g/mol. The number of hydrogen-bond donors (Lipinski definition) is 2. The van der Waals surface area contributed by atoms with Crippen molar-refractivity contribution in [3.8, 4) is 0 Å². The molecule has 8 nitrogen and oxygen atoms in total. The van der Waals surface area contributed by atoms with Crippen LogP contribution in [-0.2, 0) is 14.6 Å². The monoisotopic (exact) mass is 447 g/mol. The molecule has 2 fully saturated rings. The average molecular weight is 448 g/mol. The molecule has 2 aliphatic heterocycles. The van der Waals surface area contributed by atoms with E-state index in [0.717, 1.165) is 38.7 Å². The van der Waals surface area contributed by atoms with Crippen LogP contribution in [0, 0.1) is 0 Å². The fourth-order valence-corrected chi connectivity index (χ4v) is 5.55. The van der Waals surface area contributed by atoms with Crippen molar-refractivity contribution in [2.45, 2.75) is 18.9 Å². The van der Waals surface area contributed by atoms with Crippen molar-refractivity contribution in [3.63, 3.8) is 0 Å². The molecule has 0 aromatic heterocycles. The van der Waals surface area contributed by atoms with E-state index in [1.807, 2.05) is 18.2 Å². The Hall–Kier alpha value is -2.39. The van der Waals surface area contributed by atoms with Gasteiger partial charge in [0.1, 0.15) is 0 Å². The molecule has 2 N–H and O–H groups in total. The van der Waals surface area contributed by atoms with Gasteiger partial charge >= 0.3 is 0 Å². The van der Waals surface area contributed by atoms with Gasteiger partial charge in [-0.25, -0.2) is 8.42 Å². The lowest BCUT2D eigenvalue weighted by atomic mass is 10.2. The minimum atomic E-state index is -2.98. The Morgan fingerprint density at radius 3 is 2.58 bits per heavy atom. The second kappa shape index (κ2) is 11.3. The van der Waals surface area contributed by atoms with Crippen LogP contribution in [0.4, 0.5) is 0 Å². The maximum absolute atomic E-state index is 12.1. The number of hydrogen-bond acceptors (Lipinski definition) is 5. The Bertz CT molecular complexity index is 878. The van der Waals surface area contributed by atoms with Gasteiger partial charge < -0.3 is 15.5 Å². The van der Waals surface area contributed by atoms with E-state index in [0.29, 0.717) is 19.4 Å². The van der Waals surface area contributed by atoms with Crippen molar-refractivity contribution in [3.05, 3.63) is 42.0 Å². The van der Waals surface area contributed by atoms with Crippen molar-refractivity contribution in [1.29, 1.82) is 0 Å². The lowest BCUT2D eigenvalue weighted by Gasteiger charge is -2.36. The van der Waals surface area contributed by atoms with E-state index in [2.05, 4.69) is 49.7 Å². The summed E-state index contributed by atoms with van der Waals surface area (Å²) in [5.41, 5.74) is 1.21. The van der Waals surface area contributed by atoms with Gasteiger partial charge in [-0.1, -0.05) is 42.5 Å². The number of benzene rings is 1. The quantitative estimate of drug-likeness (QED) is 0.469. The van der Waals surface area contributed by atoms with E-state index in [1.165, 1.54) is 5.56 Å². The molecule has 0 radical (unpaired) electrons. The first-order valence-corrected chi connectivity index (χ1v) is 12.7. The largest absolute Gasteiger partial charge is 0.356 e. The number of nitrogens with zero attached hydrogens (tertiary/aromatic N) is 3. The van der Waals surface area contributed by atoms with Crippen molar-refractivity contribution >= 4 is 27.8 Å². The van der Waals surface area contributed by atoms with Crippen molar-refractivity contribution in [2.24, 2.45) is 4.99 Å². The van der Waals surface area contributed by atoms with E-state index in [1.54, 1.807) is 7.05 Å². The summed E-state index contributed by atoms with van der Waals surface area (Å²) in [6.07, 6.45) is 5.15. The summed E-state index contributed by atoms with van der Waals surface area (Å²) in [5.74, 6) is 0.894. The summed E-state index contributed by atoms with van der Waals surface area (Å²) in [7, 11) is -1.23. The number of amides is 1. The number of piperazine rings is 1. The Balaban J connectivity index is 1.33. The average Bonchev–Trinajstić information content (AvgIpc) is 3.10. The number of aliphatic imine (C=N–C) groups is 1. The van der Waals surface area contributed by atoms with Crippen LogP contribution in [0.2, 0.25) is 0 Å². The minimum Gasteiger partial charge on any atom is -0.356 e. The van der Waals surface area contributed by atoms with Crippen LogP contribution in [0.5, 0.6) is 0 Å². The number of rotatable bonds is 7. The van der Waals surface area contributed by atoms with Gasteiger partial charge in [-0.15, -0.1) is 0 Å². The molecule has 2 saturated heterocycles. The highest BCUT2D eigenvalue weighted by Gasteiger charge is 2.28. The highest BCUT2D eigenvalue weighted by molar-refractivity contribution is 7.91. The molecule has 2 heterocycles. The summed E-state index contributed by atoms with van der Waals surface area (Å²) in [5, 5.41) is 6.07. The SMILES string of the molecule is CN=C(NCCC(=O)NC1CCS(=O)(=O)C1)N1CCN(C/C=C/c2ccccc2)CC1. The Kier molecular flexibility index (Phi) is 8.48. The number of sulfone groups is 1. The maximum Gasteiger partial charge on any atom is 0.222 e. The molecule has 170 valence electrons. The van der Waals surface area contributed by atoms with Gasteiger partial charge in [0.25, 0.3) is 0 Å². The molecule has 31 heavy (non-hydrogen) atoms. The van der Waals surface area contributed by atoms with Crippen LogP contribution in [0.15, 0.2) is 41.4 Å². The van der Waals surface area contributed by atoms with Crippen LogP contribution < -0.4 is 10.6 Å². The first-order chi connectivity index (χ1) is 14.9. The zero-order valence-electron chi connectivity index (χ0n) is 18.2. The van der Waals surface area contributed by atoms with E-state index >= 15 is 0 Å². The number of carbonyl (C=O) groups is 1. The van der Waals surface area contributed by atoms with Crippen LogP contribution in [0.3, 0.4) is 0 Å². The smallest absolute Gasteiger partial charge is 0.222 e. The predicted molar refractivity (Wildman–Crippen MR) is 125 cm³/mol. The molecular formula is C22H33N5O3S. The van der Waals surface area contributed by atoms with Crippen molar-refractivity contribution in [1.82, 2.24) is 20.4 Å². The molecule has 0 spiro atoms. The van der Waals surface area contributed by atoms with Crippen LogP contribution in [0.25, 0.3) is 6.08 Å². The van der Waals surface area contributed by atoms with Gasteiger partial charge in [-0.3, -0.25) is 14.7 Å². The zero-order valence-corrected chi connectivity index (χ0v) is 19.0. The third kappa shape index (κ3) is 7.66. The molecule has 3 rings (SSSR count). The fourth-order valence-electron chi connectivity index (χ4n) is 3.87. The standard InChI is InChI=1S/C22H33N5O3S/c1-23-22(24-11-9-21(28)25-20-10-17-31(29,30)18-20)27-15-13-26(14-16-27)12-5-8-19-6-3-2-4-7-19/h2-8,20H,9-18H2,1H3,(H,23,24)(H,25,28)/b8-5+. The van der Waals surface area contributed by atoms with Gasteiger partial charge in [0.15, 0.2) is 15.8 Å². The fraction of sp³-hybridized carbons (Fsp3) is 0.545. The molecule has 1 amide bonds. The van der Waals surface area contributed by atoms with E-state index < -0.39 is 9.84 Å². The number of nitrogens with one attached hydrogen (secondary N) is 2. The highest BCUT2D eigenvalue weighted by atomic mass is 32.2. The van der Waals surface area contributed by atoms with Gasteiger partial charge in [-0.05, 0) is 12.0 Å². The second-order valence-corrected chi connectivity index (χ2v) is 10.2. The zero-order chi connectivity index (χ0) is 22.1. The number of carbonyl (C=O) groups excluding carboxylic acids is 1. The van der Waals surface area contributed by atoms with E-state index in [4.69, 9.17) is 0 Å². The second-order valence-electron chi connectivity index (χ2n) is 7.99. The molecule has 2 aliphatic rings.